The summed E-state index contributed by atoms with van der Waals surface area (Å²) >= 11 is 0. The highest BCUT2D eigenvalue weighted by atomic mass is 16.5. The van der Waals surface area contributed by atoms with Gasteiger partial charge in [-0.2, -0.15) is 5.10 Å². The molecule has 3 aromatic rings. The number of rotatable bonds is 4. The molecule has 0 aliphatic carbocycles. The Morgan fingerprint density at radius 1 is 1.10 bits per heavy atom. The van der Waals surface area contributed by atoms with E-state index in [4.69, 9.17) is 4.74 Å². The van der Waals surface area contributed by atoms with Crippen molar-refractivity contribution in [1.82, 2.24) is 30.3 Å². The van der Waals surface area contributed by atoms with Crippen LogP contribution in [0, 0.1) is 5.41 Å². The Hall–Kier alpha value is -4.25. The van der Waals surface area contributed by atoms with Gasteiger partial charge in [0.2, 0.25) is 11.8 Å². The van der Waals surface area contributed by atoms with Crippen LogP contribution in [0.5, 0.6) is 11.5 Å². The van der Waals surface area contributed by atoms with E-state index >= 15 is 0 Å². The summed E-state index contributed by atoms with van der Waals surface area (Å²) < 4.78 is 7.98. The summed E-state index contributed by atoms with van der Waals surface area (Å²) in [6.45, 7) is 5.00. The molecule has 6 rings (SSSR count). The number of likely N-dealkylation sites (tertiary alicyclic amines) is 1. The van der Waals surface area contributed by atoms with Gasteiger partial charge in [-0.15, -0.1) is 0 Å². The molecule has 0 saturated carbocycles. The van der Waals surface area contributed by atoms with Crippen LogP contribution in [-0.2, 0) is 40.3 Å². The molecule has 1 fully saturated rings. The number of carbonyl (C=O) groups excluding carboxylic acids is 2. The Kier molecular flexibility index (Phi) is 8.63. The van der Waals surface area contributed by atoms with Crippen LogP contribution >= 0.6 is 0 Å². The second-order valence-electron chi connectivity index (χ2n) is 10.8. The highest BCUT2D eigenvalue weighted by molar-refractivity contribution is 5.86. The number of hydrogen-bond donors (Lipinski definition) is 3. The number of carboxylic acids is 1. The summed E-state index contributed by atoms with van der Waals surface area (Å²) in [6.07, 6.45) is 3.50. The Morgan fingerprint density at radius 3 is 2.61 bits per heavy atom. The fourth-order valence-corrected chi connectivity index (χ4v) is 5.62. The van der Waals surface area contributed by atoms with Gasteiger partial charge in [-0.25, -0.2) is 14.5 Å². The number of benzene rings is 2. The largest absolute Gasteiger partial charge is 0.480 e. The molecule has 0 radical (unpaired) electrons. The molecule has 4 bridgehead atoms. The molecular formula is C30H36N6O5. The highest BCUT2D eigenvalue weighted by Gasteiger charge is 2.41. The second kappa shape index (κ2) is 12.5. The van der Waals surface area contributed by atoms with Gasteiger partial charge in [-0.3, -0.25) is 14.5 Å². The van der Waals surface area contributed by atoms with Crippen LogP contribution in [0.25, 0.3) is 0 Å². The van der Waals surface area contributed by atoms with Gasteiger partial charge in [0.05, 0.1) is 12.0 Å². The second-order valence-corrected chi connectivity index (χ2v) is 10.8. The number of nitrogens with zero attached hydrogens (tertiary/aromatic N) is 4. The minimum absolute atomic E-state index is 0.00728. The third kappa shape index (κ3) is 6.91. The number of aromatic nitrogens is 3. The van der Waals surface area contributed by atoms with Crippen LogP contribution in [0.3, 0.4) is 0 Å². The van der Waals surface area contributed by atoms with Crippen molar-refractivity contribution < 1.29 is 24.2 Å². The van der Waals surface area contributed by atoms with Crippen LogP contribution in [-0.4, -0.2) is 68.2 Å². The lowest BCUT2D eigenvalue weighted by Crippen LogP contribution is -2.50. The quantitative estimate of drug-likeness (QED) is 0.443. The lowest BCUT2D eigenvalue weighted by atomic mass is 9.73. The maximum Gasteiger partial charge on any atom is 0.326 e. The lowest BCUT2D eigenvalue weighted by molar-refractivity contribution is -0.142. The van der Waals surface area contributed by atoms with Gasteiger partial charge in [-0.05, 0) is 74.7 Å². The third-order valence-electron chi connectivity index (χ3n) is 7.97. The zero-order valence-electron chi connectivity index (χ0n) is 23.2. The minimum atomic E-state index is -1.11. The topological polar surface area (TPSA) is 139 Å². The van der Waals surface area contributed by atoms with Crippen molar-refractivity contribution >= 4 is 17.8 Å². The van der Waals surface area contributed by atoms with E-state index in [9.17, 15) is 19.5 Å². The molecular weight excluding hydrogens is 524 g/mol. The number of aryl methyl sites for hydroxylation is 1. The standard InChI is InChI=1S/C30H36N6O5/c1-2-36-26(32-20-33-36)19-35-14-11-30(12-15-35)18-22-4-3-5-24(16-22)41-23-8-6-21(7-9-23)17-25(28(38)39)34-27(37)10-13-31-29(30)40/h3-9,16,20,25H,2,10-15,17-19H2,1H3,(H,31,40)(H,34,37)(H,38,39)/t25-/m0/s1. The van der Waals surface area contributed by atoms with E-state index in [1.165, 1.54) is 0 Å². The summed E-state index contributed by atoms with van der Waals surface area (Å²) in [4.78, 5) is 44.9. The van der Waals surface area contributed by atoms with Crippen LogP contribution in [0.4, 0.5) is 0 Å². The summed E-state index contributed by atoms with van der Waals surface area (Å²) in [5, 5.41) is 19.5. The van der Waals surface area contributed by atoms with Gasteiger partial charge >= 0.3 is 5.97 Å². The van der Waals surface area contributed by atoms with Gasteiger partial charge in [-0.1, -0.05) is 24.3 Å². The summed E-state index contributed by atoms with van der Waals surface area (Å²) in [5.74, 6) is 0.551. The number of fused-ring (bicyclic) bond motifs is 9. The van der Waals surface area contributed by atoms with Crippen molar-refractivity contribution in [2.45, 2.75) is 58.2 Å². The average Bonchev–Trinajstić information content (AvgIpc) is 3.41. The molecule has 41 heavy (non-hydrogen) atoms. The van der Waals surface area contributed by atoms with Gasteiger partial charge in [0.15, 0.2) is 0 Å². The van der Waals surface area contributed by atoms with Crippen molar-refractivity contribution in [2.75, 3.05) is 19.6 Å². The summed E-state index contributed by atoms with van der Waals surface area (Å²) in [5.41, 5.74) is 1.09. The van der Waals surface area contributed by atoms with Crippen molar-refractivity contribution in [3.8, 4) is 11.5 Å². The molecule has 2 amide bonds. The molecule has 3 aliphatic rings. The Morgan fingerprint density at radius 2 is 1.88 bits per heavy atom. The molecule has 11 heteroatoms. The van der Waals surface area contributed by atoms with Gasteiger partial charge in [0.25, 0.3) is 0 Å². The number of carboxylic acid groups (broad SMARTS) is 1. The molecule has 1 aromatic heterocycles. The number of aliphatic carboxylic acids is 1. The molecule has 2 aromatic carbocycles. The summed E-state index contributed by atoms with van der Waals surface area (Å²) in [7, 11) is 0. The number of hydrogen-bond acceptors (Lipinski definition) is 7. The zero-order valence-corrected chi connectivity index (χ0v) is 23.2. The van der Waals surface area contributed by atoms with Crippen LogP contribution < -0.4 is 15.4 Å². The number of ether oxygens (including phenoxy) is 1. The number of nitrogens with one attached hydrogen (secondary N) is 2. The molecule has 1 spiro atoms. The Balaban J connectivity index is 1.38. The van der Waals surface area contributed by atoms with Crippen molar-refractivity contribution in [1.29, 1.82) is 0 Å². The number of carbonyl (C=O) groups is 3. The lowest BCUT2D eigenvalue weighted by Gasteiger charge is -2.40. The molecule has 4 heterocycles. The first kappa shape index (κ1) is 28.3. The van der Waals surface area contributed by atoms with Gasteiger partial charge in [0.1, 0.15) is 29.7 Å². The number of amides is 2. The van der Waals surface area contributed by atoms with E-state index in [0.717, 1.165) is 23.5 Å². The van der Waals surface area contributed by atoms with Crippen molar-refractivity contribution in [3.05, 3.63) is 71.8 Å². The first-order valence-corrected chi connectivity index (χ1v) is 14.1. The molecule has 1 saturated heterocycles. The van der Waals surface area contributed by atoms with Gasteiger partial charge < -0.3 is 20.5 Å². The Bertz CT molecular complexity index is 1380. The molecule has 11 nitrogen and oxygen atoms in total. The van der Waals surface area contributed by atoms with Gasteiger partial charge in [0, 0.05) is 25.9 Å². The Labute approximate surface area is 238 Å². The first-order valence-electron chi connectivity index (χ1n) is 14.1. The van der Waals surface area contributed by atoms with E-state index in [2.05, 4.69) is 25.6 Å². The van der Waals surface area contributed by atoms with Crippen LogP contribution in [0.2, 0.25) is 0 Å². The maximum atomic E-state index is 13.7. The third-order valence-corrected chi connectivity index (χ3v) is 7.97. The SMILES string of the molecule is CCn1ncnc1CN1CCC2(CC1)Cc1cccc(c1)Oc1ccc(cc1)C[C@@H](C(=O)O)NC(=O)CCNC2=O. The average molecular weight is 561 g/mol. The zero-order chi connectivity index (χ0) is 28.8. The molecule has 0 unspecified atom stereocenters. The molecule has 3 aliphatic heterocycles. The van der Waals surface area contributed by atoms with Crippen LogP contribution in [0.1, 0.15) is 43.1 Å². The molecule has 216 valence electrons. The number of piperidine rings is 1. The van der Waals surface area contributed by atoms with E-state index in [1.54, 1.807) is 30.6 Å². The first-order chi connectivity index (χ1) is 19.8. The van der Waals surface area contributed by atoms with Crippen molar-refractivity contribution in [3.63, 3.8) is 0 Å². The normalized spacial score (nSPS) is 20.0. The minimum Gasteiger partial charge on any atom is -0.480 e. The van der Waals surface area contributed by atoms with E-state index in [0.29, 0.717) is 50.4 Å². The fourth-order valence-electron chi connectivity index (χ4n) is 5.62. The van der Waals surface area contributed by atoms with E-state index in [-0.39, 0.29) is 25.3 Å². The van der Waals surface area contributed by atoms with Crippen molar-refractivity contribution in [2.24, 2.45) is 5.41 Å². The fraction of sp³-hybridized carbons (Fsp3) is 0.433. The predicted octanol–water partition coefficient (Wildman–Crippen LogP) is 2.55. The monoisotopic (exact) mass is 560 g/mol. The highest BCUT2D eigenvalue weighted by Crippen LogP contribution is 2.37. The smallest absolute Gasteiger partial charge is 0.326 e. The molecule has 1 atom stereocenters. The van der Waals surface area contributed by atoms with Crippen LogP contribution in [0.15, 0.2) is 54.9 Å². The maximum absolute atomic E-state index is 13.7. The van der Waals surface area contributed by atoms with E-state index < -0.39 is 23.3 Å². The van der Waals surface area contributed by atoms with E-state index in [1.807, 2.05) is 35.9 Å². The molecule has 3 N–H and O–H groups in total. The summed E-state index contributed by atoms with van der Waals surface area (Å²) in [6, 6.07) is 13.9. The predicted molar refractivity (Wildman–Crippen MR) is 150 cm³/mol.